The van der Waals surface area contributed by atoms with Crippen molar-refractivity contribution in [2.45, 2.75) is 104 Å². The van der Waals surface area contributed by atoms with E-state index in [9.17, 15) is 29.4 Å². The molecule has 4 heterocycles. The molecule has 5 N–H and O–H groups in total. The third-order valence-corrected chi connectivity index (χ3v) is 10.0. The van der Waals surface area contributed by atoms with Crippen molar-refractivity contribution < 1.29 is 29.4 Å². The molecule has 240 valence electrons. The third kappa shape index (κ3) is 6.92. The minimum absolute atomic E-state index is 0.00484. The van der Waals surface area contributed by atoms with Gasteiger partial charge in [-0.05, 0) is 63.2 Å². The van der Waals surface area contributed by atoms with Crippen molar-refractivity contribution in [1.29, 1.82) is 0 Å². The summed E-state index contributed by atoms with van der Waals surface area (Å²) in [6.45, 7) is 11.8. The standard InChI is InChI=1S/C33H45N4O6S/c1-7-20-15(2)25(36-33(20)43)12-23-16(3)21(8-10-29(38)39)26(34-23)14-27-22(9-11-30(40)41)17(4)24(35-27)13-28-31(19(6)44)18(5)32(42)37-28/h13,17-19,25,28,31,35,44H,7-12,14H2,1-6H3,(H,36,43)(H,37,42)(H,38,39)(H,40,41)/q-1/b24-13+/t17?,18-,19-,25-,28?,31+/m1/s1. The van der Waals surface area contributed by atoms with Gasteiger partial charge in [-0.1, -0.05) is 38.8 Å². The molecule has 3 aliphatic rings. The van der Waals surface area contributed by atoms with Crippen molar-refractivity contribution in [2.24, 2.45) is 17.8 Å². The van der Waals surface area contributed by atoms with Crippen LogP contribution in [0.2, 0.25) is 0 Å². The van der Waals surface area contributed by atoms with Crippen molar-refractivity contribution in [1.82, 2.24) is 20.9 Å². The average Bonchev–Trinajstić information content (AvgIpc) is 3.59. The number of amides is 2. The van der Waals surface area contributed by atoms with Gasteiger partial charge in [0.15, 0.2) is 0 Å². The van der Waals surface area contributed by atoms with E-state index in [2.05, 4.69) is 28.6 Å². The second-order valence-electron chi connectivity index (χ2n) is 12.4. The van der Waals surface area contributed by atoms with Crippen molar-refractivity contribution in [3.05, 3.63) is 56.7 Å². The number of hydrogen-bond acceptors (Lipinski definition) is 6. The summed E-state index contributed by atoms with van der Waals surface area (Å²) < 4.78 is 0. The Morgan fingerprint density at radius 1 is 1.05 bits per heavy atom. The molecule has 1 aromatic rings. The monoisotopic (exact) mass is 625 g/mol. The van der Waals surface area contributed by atoms with E-state index in [0.717, 1.165) is 50.6 Å². The van der Waals surface area contributed by atoms with Crippen molar-refractivity contribution >= 4 is 36.4 Å². The van der Waals surface area contributed by atoms with Gasteiger partial charge in [-0.3, -0.25) is 19.2 Å². The zero-order chi connectivity index (χ0) is 32.5. The molecule has 0 bridgehead atoms. The summed E-state index contributed by atoms with van der Waals surface area (Å²) in [5.74, 6) is -2.11. The van der Waals surface area contributed by atoms with Crippen LogP contribution in [0.3, 0.4) is 0 Å². The zero-order valence-electron chi connectivity index (χ0n) is 26.4. The quantitative estimate of drug-likeness (QED) is 0.182. The molecule has 0 radical (unpaired) electrons. The van der Waals surface area contributed by atoms with Gasteiger partial charge in [0, 0.05) is 52.8 Å². The number of carbonyl (C=O) groups is 4. The van der Waals surface area contributed by atoms with Crippen LogP contribution in [0, 0.1) is 24.7 Å². The topological polar surface area (TPSA) is 159 Å². The summed E-state index contributed by atoms with van der Waals surface area (Å²) in [6.07, 6.45) is 4.20. The first kappa shape index (κ1) is 33.4. The lowest BCUT2D eigenvalue weighted by Gasteiger charge is -2.23. The fraction of sp³-hybridized carbons (Fsp3) is 0.576. The lowest BCUT2D eigenvalue weighted by atomic mass is 9.87. The van der Waals surface area contributed by atoms with Gasteiger partial charge in [-0.15, -0.1) is 0 Å². The Labute approximate surface area is 264 Å². The number of rotatable bonds is 13. The van der Waals surface area contributed by atoms with E-state index in [1.165, 1.54) is 0 Å². The molecule has 44 heavy (non-hydrogen) atoms. The Balaban J connectivity index is 1.68. The highest BCUT2D eigenvalue weighted by molar-refractivity contribution is 7.80. The first-order chi connectivity index (χ1) is 20.7. The van der Waals surface area contributed by atoms with E-state index >= 15 is 0 Å². The molecule has 10 nitrogen and oxygen atoms in total. The summed E-state index contributed by atoms with van der Waals surface area (Å²) in [4.78, 5) is 53.1. The number of thiol groups is 1. The maximum absolute atomic E-state index is 12.5. The molecule has 6 atom stereocenters. The van der Waals surface area contributed by atoms with Crippen molar-refractivity contribution in [3.63, 3.8) is 0 Å². The number of carboxylic acid groups (broad SMARTS) is 2. The maximum Gasteiger partial charge on any atom is 0.303 e. The van der Waals surface area contributed by atoms with Crippen LogP contribution in [0.15, 0.2) is 34.2 Å². The van der Waals surface area contributed by atoms with Gasteiger partial charge >= 0.3 is 11.9 Å². The van der Waals surface area contributed by atoms with Crippen molar-refractivity contribution in [3.8, 4) is 0 Å². The molecule has 3 aliphatic heterocycles. The summed E-state index contributed by atoms with van der Waals surface area (Å²) in [7, 11) is 0. The number of hydrogen-bond donors (Lipinski definition) is 6. The van der Waals surface area contributed by atoms with Gasteiger partial charge in [0.25, 0.3) is 0 Å². The molecule has 0 spiro atoms. The highest BCUT2D eigenvalue weighted by Crippen LogP contribution is 2.37. The highest BCUT2D eigenvalue weighted by atomic mass is 32.1. The summed E-state index contributed by atoms with van der Waals surface area (Å²) >= 11 is 4.66. The van der Waals surface area contributed by atoms with Gasteiger partial charge in [0.2, 0.25) is 11.8 Å². The van der Waals surface area contributed by atoms with Crippen LogP contribution in [-0.2, 0) is 38.4 Å². The van der Waals surface area contributed by atoms with E-state index in [4.69, 9.17) is 4.98 Å². The number of carboxylic acids is 2. The Bertz CT molecular complexity index is 1440. The summed E-state index contributed by atoms with van der Waals surface area (Å²) in [5.41, 5.74) is 7.91. The predicted molar refractivity (Wildman–Crippen MR) is 170 cm³/mol. The van der Waals surface area contributed by atoms with E-state index in [1.807, 2.05) is 47.6 Å². The van der Waals surface area contributed by atoms with Crippen LogP contribution in [0.25, 0.3) is 0 Å². The van der Waals surface area contributed by atoms with Crippen LogP contribution in [-0.4, -0.2) is 51.3 Å². The van der Waals surface area contributed by atoms with E-state index in [0.29, 0.717) is 32.1 Å². The highest BCUT2D eigenvalue weighted by Gasteiger charge is 2.41. The lowest BCUT2D eigenvalue weighted by Crippen LogP contribution is -2.32. The summed E-state index contributed by atoms with van der Waals surface area (Å²) in [6, 6.07) is -0.375. The molecule has 2 unspecified atom stereocenters. The van der Waals surface area contributed by atoms with Gasteiger partial charge in [-0.2, -0.15) is 24.0 Å². The molecular weight excluding hydrogens is 580 g/mol. The van der Waals surface area contributed by atoms with Crippen molar-refractivity contribution in [2.75, 3.05) is 0 Å². The first-order valence-electron chi connectivity index (χ1n) is 15.5. The minimum atomic E-state index is -0.896. The predicted octanol–water partition coefficient (Wildman–Crippen LogP) is 3.59. The molecule has 0 aliphatic carbocycles. The molecule has 1 aromatic heterocycles. The van der Waals surface area contributed by atoms with Crippen LogP contribution in [0.4, 0.5) is 0 Å². The number of carbonyl (C=O) groups excluding carboxylic acids is 2. The molecule has 2 amide bonds. The second-order valence-corrected chi connectivity index (χ2v) is 13.2. The zero-order valence-corrected chi connectivity index (χ0v) is 27.3. The van der Waals surface area contributed by atoms with Gasteiger partial charge in [0.05, 0.1) is 12.1 Å². The van der Waals surface area contributed by atoms with Crippen LogP contribution >= 0.6 is 12.6 Å². The van der Waals surface area contributed by atoms with Crippen LogP contribution < -0.4 is 20.9 Å². The summed E-state index contributed by atoms with van der Waals surface area (Å²) in [5, 5.41) is 28.7. The average molecular weight is 626 g/mol. The number of aromatic nitrogens is 1. The smallest absolute Gasteiger partial charge is 0.303 e. The normalized spacial score (nSPS) is 26.8. The van der Waals surface area contributed by atoms with E-state index in [-0.39, 0.29) is 59.7 Å². The first-order valence-corrected chi connectivity index (χ1v) is 16.0. The Kier molecular flexibility index (Phi) is 10.4. The molecule has 0 aromatic carbocycles. The van der Waals surface area contributed by atoms with E-state index < -0.39 is 11.9 Å². The molecule has 4 rings (SSSR count). The number of aliphatic carboxylic acids is 2. The SMILES string of the molecule is CCC1=C(C)[C@@H](Cc2[n-]c(CC3=C(CCC(=O)O)C(C)/C(=C\C4NC(=O)[C@H](C)[C@H]4[C@@H](C)S)N3)c(CCC(=O)O)c2C)NC1=O. The Morgan fingerprint density at radius 3 is 2.30 bits per heavy atom. The molecule has 1 saturated heterocycles. The minimum Gasteiger partial charge on any atom is -0.664 e. The van der Waals surface area contributed by atoms with Gasteiger partial charge in [0.1, 0.15) is 0 Å². The van der Waals surface area contributed by atoms with Gasteiger partial charge in [-0.25, -0.2) is 0 Å². The molecule has 11 heteroatoms. The molecule has 1 fully saturated rings. The maximum atomic E-state index is 12.5. The largest absolute Gasteiger partial charge is 0.664 e. The van der Waals surface area contributed by atoms with Crippen LogP contribution in [0.5, 0.6) is 0 Å². The number of nitrogens with zero attached hydrogens (tertiary/aromatic N) is 1. The molecule has 0 saturated carbocycles. The Morgan fingerprint density at radius 2 is 1.70 bits per heavy atom. The van der Waals surface area contributed by atoms with Crippen LogP contribution in [0.1, 0.15) is 82.8 Å². The van der Waals surface area contributed by atoms with E-state index in [1.54, 1.807) is 0 Å². The second kappa shape index (κ2) is 13.7. The fourth-order valence-electron chi connectivity index (χ4n) is 7.07. The van der Waals surface area contributed by atoms with Gasteiger partial charge < -0.3 is 31.1 Å². The fourth-order valence-corrected chi connectivity index (χ4v) is 7.51. The lowest BCUT2D eigenvalue weighted by molar-refractivity contribution is -0.138. The molecular formula is C33H45N4O6S-. The third-order valence-electron chi connectivity index (χ3n) is 9.68. The Hall–Kier alpha value is -3.47. The number of allylic oxidation sites excluding steroid dienone is 2. The number of nitrogens with one attached hydrogen (secondary N) is 3.